The molecule has 9 heteroatoms. The van der Waals surface area contributed by atoms with Crippen LogP contribution in [0.15, 0.2) is 16.8 Å². The van der Waals surface area contributed by atoms with Gasteiger partial charge in [-0.2, -0.15) is 0 Å². The van der Waals surface area contributed by atoms with Crippen molar-refractivity contribution < 1.29 is 28.3 Å². The zero-order chi connectivity index (χ0) is 28.5. The molecule has 0 radical (unpaired) electrons. The fourth-order valence-electron chi connectivity index (χ4n) is 9.30. The molecule has 0 aromatic carbocycles. The van der Waals surface area contributed by atoms with E-state index in [1.54, 1.807) is 0 Å². The summed E-state index contributed by atoms with van der Waals surface area (Å²) in [4.78, 5) is 42.6. The van der Waals surface area contributed by atoms with Crippen molar-refractivity contribution in [2.75, 3.05) is 26.2 Å². The van der Waals surface area contributed by atoms with Gasteiger partial charge < -0.3 is 15.0 Å². The predicted octanol–water partition coefficient (Wildman–Crippen LogP) is 5.21. The number of allylic oxidation sites excluding steroid dienone is 1. The Bertz CT molecular complexity index is 1050. The lowest BCUT2D eigenvalue weighted by Gasteiger charge is -2.58. The fraction of sp³-hybridized carbons (Fsp3) is 0.806. The predicted molar refractivity (Wildman–Crippen MR) is 149 cm³/mol. The summed E-state index contributed by atoms with van der Waals surface area (Å²) in [7, 11) is 0. The highest BCUT2D eigenvalue weighted by Crippen LogP contribution is 2.66. The van der Waals surface area contributed by atoms with Crippen molar-refractivity contribution in [3.63, 3.8) is 0 Å². The lowest BCUT2D eigenvalue weighted by atomic mass is 9.46. The van der Waals surface area contributed by atoms with Gasteiger partial charge in [0, 0.05) is 24.9 Å². The molecule has 40 heavy (non-hydrogen) atoms. The van der Waals surface area contributed by atoms with Crippen LogP contribution in [-0.2, 0) is 19.2 Å². The smallest absolute Gasteiger partial charge is 0.436 e. The Labute approximate surface area is 237 Å². The summed E-state index contributed by atoms with van der Waals surface area (Å²) in [5, 5.41) is 7.49. The van der Waals surface area contributed by atoms with E-state index in [4.69, 9.17) is 9.57 Å². The number of hydrogen-bond donors (Lipinski definition) is 1. The second-order valence-corrected chi connectivity index (χ2v) is 13.3. The van der Waals surface area contributed by atoms with Crippen LogP contribution >= 0.6 is 0 Å². The standard InChI is InChI=1S/C31H46FN3O5/c1-20(34-40-29(38)35(16-17-39-19-36)15-11-28-27(32)10-14-33-28)24-6-7-25-23-5-4-21-18-22(37)8-12-30(21,2)26(23)9-13-31(24,25)3/h18-19,23-28,33H,4-17H2,1-3H3/b34-20+/t23-,24+,25-,26-,27?,28?,30-,31+/m0/s1. The van der Waals surface area contributed by atoms with Crippen molar-refractivity contribution >= 4 is 24.1 Å². The summed E-state index contributed by atoms with van der Waals surface area (Å²) < 4.78 is 18.9. The van der Waals surface area contributed by atoms with Crippen LogP contribution in [0.5, 0.6) is 0 Å². The highest BCUT2D eigenvalue weighted by molar-refractivity contribution is 5.91. The van der Waals surface area contributed by atoms with Crippen molar-refractivity contribution in [2.24, 2.45) is 39.7 Å². The van der Waals surface area contributed by atoms with Gasteiger partial charge in [0.15, 0.2) is 5.78 Å². The molecule has 1 aliphatic heterocycles. The van der Waals surface area contributed by atoms with Gasteiger partial charge in [0.05, 0.1) is 12.3 Å². The van der Waals surface area contributed by atoms with Gasteiger partial charge in [0.25, 0.3) is 6.47 Å². The van der Waals surface area contributed by atoms with Gasteiger partial charge in [-0.25, -0.2) is 9.18 Å². The molecule has 0 spiro atoms. The van der Waals surface area contributed by atoms with Crippen molar-refractivity contribution in [1.29, 1.82) is 0 Å². The SMILES string of the molecule is C/C(=N\OC(=O)N(CCOC=O)CCC1NCCC1F)[C@H]1CC[C@H]2[C@@H]3CCC4=CC(=O)CC[C@]4(C)[C@H]3CC[C@]12C. The first-order valence-corrected chi connectivity index (χ1v) is 15.3. The zero-order valence-electron chi connectivity index (χ0n) is 24.3. The molecule has 8 nitrogen and oxygen atoms in total. The van der Waals surface area contributed by atoms with Gasteiger partial charge >= 0.3 is 6.09 Å². The Hall–Kier alpha value is -2.29. The second kappa shape index (κ2) is 11.9. The maximum Gasteiger partial charge on any atom is 0.436 e. The molecule has 3 saturated carbocycles. The number of ketones is 1. The van der Waals surface area contributed by atoms with E-state index in [9.17, 15) is 18.8 Å². The van der Waals surface area contributed by atoms with E-state index in [-0.39, 0.29) is 35.9 Å². The van der Waals surface area contributed by atoms with Gasteiger partial charge in [0.2, 0.25) is 0 Å². The summed E-state index contributed by atoms with van der Waals surface area (Å²) in [5.41, 5.74) is 2.52. The van der Waals surface area contributed by atoms with Crippen LogP contribution in [0.1, 0.15) is 85.0 Å². The van der Waals surface area contributed by atoms with Crippen LogP contribution < -0.4 is 5.32 Å². The Balaban J connectivity index is 1.23. The Morgan fingerprint density at radius 3 is 2.73 bits per heavy atom. The second-order valence-electron chi connectivity index (χ2n) is 13.3. The number of nitrogens with zero attached hydrogens (tertiary/aromatic N) is 2. The highest BCUT2D eigenvalue weighted by Gasteiger charge is 2.59. The minimum Gasteiger partial charge on any atom is -0.466 e. The first-order chi connectivity index (χ1) is 19.2. The Morgan fingerprint density at radius 2 is 1.98 bits per heavy atom. The molecule has 0 aromatic heterocycles. The number of ether oxygens (including phenoxy) is 1. The molecule has 1 saturated heterocycles. The maximum atomic E-state index is 14.1. The molecular formula is C31H46FN3O5. The number of nitrogens with one attached hydrogen (secondary N) is 1. The number of hydrogen-bond acceptors (Lipinski definition) is 7. The number of carbonyl (C=O) groups is 3. The van der Waals surface area contributed by atoms with E-state index in [1.165, 1.54) is 16.9 Å². The van der Waals surface area contributed by atoms with Crippen molar-refractivity contribution in [2.45, 2.75) is 97.2 Å². The third kappa shape index (κ3) is 5.47. The van der Waals surface area contributed by atoms with E-state index in [0.717, 1.165) is 44.2 Å². The monoisotopic (exact) mass is 559 g/mol. The van der Waals surface area contributed by atoms with Gasteiger partial charge in [0.1, 0.15) is 12.8 Å². The van der Waals surface area contributed by atoms with Crippen molar-refractivity contribution in [1.82, 2.24) is 10.2 Å². The first kappa shape index (κ1) is 29.2. The summed E-state index contributed by atoms with van der Waals surface area (Å²) in [6.45, 7) is 8.29. The quantitative estimate of drug-likeness (QED) is 0.137. The van der Waals surface area contributed by atoms with Gasteiger partial charge in [-0.15, -0.1) is 0 Å². The first-order valence-electron chi connectivity index (χ1n) is 15.3. The van der Waals surface area contributed by atoms with Crippen LogP contribution in [0.3, 0.4) is 0 Å². The summed E-state index contributed by atoms with van der Waals surface area (Å²) in [6, 6.07) is -0.291. The average molecular weight is 560 g/mol. The number of amides is 1. The third-order valence-electron chi connectivity index (χ3n) is 11.5. The summed E-state index contributed by atoms with van der Waals surface area (Å²) >= 11 is 0. The highest BCUT2D eigenvalue weighted by atomic mass is 19.1. The molecular weight excluding hydrogens is 513 g/mol. The molecule has 0 aromatic rings. The van der Waals surface area contributed by atoms with Crippen molar-refractivity contribution in [3.05, 3.63) is 11.6 Å². The van der Waals surface area contributed by atoms with E-state index < -0.39 is 12.3 Å². The number of oxime groups is 1. The van der Waals surface area contributed by atoms with Crippen LogP contribution in [0.25, 0.3) is 0 Å². The topological polar surface area (TPSA) is 97.3 Å². The fourth-order valence-corrected chi connectivity index (χ4v) is 9.30. The third-order valence-corrected chi connectivity index (χ3v) is 11.5. The number of alkyl halides is 1. The van der Waals surface area contributed by atoms with Gasteiger partial charge in [-0.1, -0.05) is 24.6 Å². The average Bonchev–Trinajstić information content (AvgIpc) is 3.51. The van der Waals surface area contributed by atoms with E-state index >= 15 is 0 Å². The van der Waals surface area contributed by atoms with Gasteiger partial charge in [-0.3, -0.25) is 14.4 Å². The number of fused-ring (bicyclic) bond motifs is 5. The molecule has 4 fully saturated rings. The lowest BCUT2D eigenvalue weighted by molar-refractivity contribution is -0.129. The molecule has 5 aliphatic rings. The van der Waals surface area contributed by atoms with Gasteiger partial charge in [-0.05, 0) is 106 Å². The molecule has 8 atom stereocenters. The molecule has 1 N–H and O–H groups in total. The molecule has 4 aliphatic carbocycles. The Morgan fingerprint density at radius 1 is 1.15 bits per heavy atom. The van der Waals surface area contributed by atoms with Crippen LogP contribution in [0.2, 0.25) is 0 Å². The molecule has 1 heterocycles. The largest absolute Gasteiger partial charge is 0.466 e. The summed E-state index contributed by atoms with van der Waals surface area (Å²) in [6.07, 6.45) is 9.71. The minimum absolute atomic E-state index is 0.0490. The summed E-state index contributed by atoms with van der Waals surface area (Å²) in [5.74, 6) is 2.45. The lowest BCUT2D eigenvalue weighted by Crippen LogP contribution is -2.51. The normalized spacial score (nSPS) is 39.0. The van der Waals surface area contributed by atoms with E-state index in [2.05, 4.69) is 24.3 Å². The number of halogens is 1. The molecule has 222 valence electrons. The van der Waals surface area contributed by atoms with Crippen LogP contribution in [-0.4, -0.2) is 67.4 Å². The minimum atomic E-state index is -0.925. The zero-order valence-corrected chi connectivity index (χ0v) is 24.3. The van der Waals surface area contributed by atoms with Crippen LogP contribution in [0, 0.1) is 34.5 Å². The van der Waals surface area contributed by atoms with Crippen LogP contribution in [0.4, 0.5) is 9.18 Å². The maximum absolute atomic E-state index is 14.1. The number of carbonyl (C=O) groups excluding carboxylic acids is 3. The number of rotatable bonds is 9. The molecule has 0 bridgehead atoms. The Kier molecular flexibility index (Phi) is 8.69. The molecule has 1 amide bonds. The van der Waals surface area contributed by atoms with E-state index in [0.29, 0.717) is 62.4 Å². The van der Waals surface area contributed by atoms with E-state index in [1.807, 2.05) is 13.0 Å². The van der Waals surface area contributed by atoms with Crippen molar-refractivity contribution in [3.8, 4) is 0 Å². The molecule has 5 rings (SSSR count). The molecule has 2 unspecified atom stereocenters.